The van der Waals surface area contributed by atoms with Gasteiger partial charge in [-0.3, -0.25) is 4.98 Å². The lowest BCUT2D eigenvalue weighted by atomic mass is 10.3. The molecule has 0 aromatic carbocycles. The normalized spacial score (nSPS) is 15.1. The van der Waals surface area contributed by atoms with Crippen LogP contribution in [0.2, 0.25) is 0 Å². The van der Waals surface area contributed by atoms with Crippen LogP contribution in [0.15, 0.2) is 30.6 Å². The Balaban J connectivity index is 1.61. The Labute approximate surface area is 101 Å². The summed E-state index contributed by atoms with van der Waals surface area (Å²) >= 11 is 0. The lowest BCUT2D eigenvalue weighted by Crippen LogP contribution is -2.16. The van der Waals surface area contributed by atoms with Crippen molar-refractivity contribution in [1.29, 1.82) is 0 Å². The number of H-pyrrole nitrogens is 1. The Morgan fingerprint density at radius 2 is 2.24 bits per heavy atom. The molecule has 17 heavy (non-hydrogen) atoms. The molecule has 3 rings (SSSR count). The van der Waals surface area contributed by atoms with E-state index in [1.807, 2.05) is 24.4 Å². The molecular weight excluding hydrogens is 212 g/mol. The predicted molar refractivity (Wildman–Crippen MR) is 66.2 cm³/mol. The van der Waals surface area contributed by atoms with E-state index in [9.17, 15) is 0 Å². The molecule has 2 aromatic heterocycles. The molecule has 0 bridgehead atoms. The van der Waals surface area contributed by atoms with Gasteiger partial charge in [-0.25, -0.2) is 4.98 Å². The van der Waals surface area contributed by atoms with Crippen molar-refractivity contribution in [3.8, 4) is 11.4 Å². The molecular formula is C13H16N4. The third-order valence-electron chi connectivity index (χ3n) is 2.99. The van der Waals surface area contributed by atoms with Gasteiger partial charge in [0.15, 0.2) is 0 Å². The maximum absolute atomic E-state index is 4.35. The summed E-state index contributed by atoms with van der Waals surface area (Å²) in [6.07, 6.45) is 6.40. The van der Waals surface area contributed by atoms with Gasteiger partial charge < -0.3 is 10.3 Å². The van der Waals surface area contributed by atoms with Gasteiger partial charge in [-0.05, 0) is 37.4 Å². The number of nitrogens with zero attached hydrogens (tertiary/aromatic N) is 2. The van der Waals surface area contributed by atoms with E-state index in [1.54, 1.807) is 6.20 Å². The standard InChI is InChI=1S/C13H16N4/c1-2-6-15-11(3-1)12-8-16-13(17-12)9-14-7-10-4-5-10/h1-3,6,8,10,14H,4-5,7,9H2,(H,16,17). The Morgan fingerprint density at radius 3 is 3.00 bits per heavy atom. The molecule has 1 aliphatic rings. The highest BCUT2D eigenvalue weighted by Crippen LogP contribution is 2.27. The molecule has 0 saturated heterocycles. The summed E-state index contributed by atoms with van der Waals surface area (Å²) in [5.41, 5.74) is 1.92. The number of imidazole rings is 1. The van der Waals surface area contributed by atoms with E-state index < -0.39 is 0 Å². The number of nitrogens with one attached hydrogen (secondary N) is 2. The first-order valence-corrected chi connectivity index (χ1v) is 6.08. The summed E-state index contributed by atoms with van der Waals surface area (Å²) in [6, 6.07) is 5.88. The van der Waals surface area contributed by atoms with Crippen molar-refractivity contribution in [1.82, 2.24) is 20.3 Å². The van der Waals surface area contributed by atoms with E-state index in [-0.39, 0.29) is 0 Å². The molecule has 4 nitrogen and oxygen atoms in total. The Hall–Kier alpha value is -1.68. The van der Waals surface area contributed by atoms with Crippen LogP contribution >= 0.6 is 0 Å². The minimum atomic E-state index is 0.809. The smallest absolute Gasteiger partial charge is 0.120 e. The monoisotopic (exact) mass is 228 g/mol. The van der Waals surface area contributed by atoms with Crippen molar-refractivity contribution in [3.63, 3.8) is 0 Å². The fraction of sp³-hybridized carbons (Fsp3) is 0.385. The van der Waals surface area contributed by atoms with Gasteiger partial charge >= 0.3 is 0 Å². The minimum absolute atomic E-state index is 0.809. The summed E-state index contributed by atoms with van der Waals surface area (Å²) in [5.74, 6) is 1.88. The molecule has 88 valence electrons. The van der Waals surface area contributed by atoms with Gasteiger partial charge in [-0.15, -0.1) is 0 Å². The van der Waals surface area contributed by atoms with Crippen LogP contribution in [0.5, 0.6) is 0 Å². The van der Waals surface area contributed by atoms with E-state index in [1.165, 1.54) is 12.8 Å². The van der Waals surface area contributed by atoms with Crippen LogP contribution < -0.4 is 5.32 Å². The van der Waals surface area contributed by atoms with Gasteiger partial charge in [0, 0.05) is 6.20 Å². The molecule has 0 amide bonds. The minimum Gasteiger partial charge on any atom is -0.340 e. The summed E-state index contributed by atoms with van der Waals surface area (Å²) in [4.78, 5) is 11.9. The van der Waals surface area contributed by atoms with E-state index in [0.29, 0.717) is 0 Å². The zero-order valence-electron chi connectivity index (χ0n) is 9.69. The molecule has 2 aromatic rings. The van der Waals surface area contributed by atoms with Crippen molar-refractivity contribution in [2.75, 3.05) is 6.54 Å². The van der Waals surface area contributed by atoms with Crippen molar-refractivity contribution < 1.29 is 0 Å². The van der Waals surface area contributed by atoms with Gasteiger partial charge in [0.05, 0.1) is 24.1 Å². The molecule has 1 fully saturated rings. The van der Waals surface area contributed by atoms with Crippen molar-refractivity contribution in [3.05, 3.63) is 36.4 Å². The van der Waals surface area contributed by atoms with Crippen LogP contribution in [0.4, 0.5) is 0 Å². The highest BCUT2D eigenvalue weighted by Gasteiger charge is 2.20. The van der Waals surface area contributed by atoms with Crippen LogP contribution in [-0.4, -0.2) is 21.5 Å². The fourth-order valence-corrected chi connectivity index (χ4v) is 1.82. The molecule has 2 heterocycles. The second-order valence-corrected chi connectivity index (χ2v) is 4.53. The van der Waals surface area contributed by atoms with Gasteiger partial charge in [-0.1, -0.05) is 6.07 Å². The highest BCUT2D eigenvalue weighted by atomic mass is 15.0. The quantitative estimate of drug-likeness (QED) is 0.822. The fourth-order valence-electron chi connectivity index (χ4n) is 1.82. The van der Waals surface area contributed by atoms with Gasteiger partial charge in [0.25, 0.3) is 0 Å². The third-order valence-corrected chi connectivity index (χ3v) is 2.99. The maximum atomic E-state index is 4.35. The second-order valence-electron chi connectivity index (χ2n) is 4.53. The Bertz CT molecular complexity index is 473. The molecule has 0 radical (unpaired) electrons. The van der Waals surface area contributed by atoms with E-state index >= 15 is 0 Å². The molecule has 1 saturated carbocycles. The second kappa shape index (κ2) is 4.67. The third kappa shape index (κ3) is 2.71. The zero-order valence-corrected chi connectivity index (χ0v) is 9.69. The molecule has 2 N–H and O–H groups in total. The first kappa shape index (κ1) is 10.5. The number of aromatic amines is 1. The summed E-state index contributed by atoms with van der Waals surface area (Å²) in [5, 5.41) is 3.41. The summed E-state index contributed by atoms with van der Waals surface area (Å²) in [6.45, 7) is 1.92. The van der Waals surface area contributed by atoms with Gasteiger partial charge in [0.1, 0.15) is 5.82 Å². The number of pyridine rings is 1. The maximum Gasteiger partial charge on any atom is 0.120 e. The molecule has 1 aliphatic carbocycles. The van der Waals surface area contributed by atoms with Gasteiger partial charge in [-0.2, -0.15) is 0 Å². The average molecular weight is 228 g/mol. The topological polar surface area (TPSA) is 53.6 Å². The summed E-state index contributed by atoms with van der Waals surface area (Å²) < 4.78 is 0. The molecule has 0 unspecified atom stereocenters. The van der Waals surface area contributed by atoms with Crippen LogP contribution in [0.25, 0.3) is 11.4 Å². The molecule has 0 atom stereocenters. The highest BCUT2D eigenvalue weighted by molar-refractivity contribution is 5.52. The molecule has 4 heteroatoms. The molecule has 0 spiro atoms. The largest absolute Gasteiger partial charge is 0.340 e. The van der Waals surface area contributed by atoms with Crippen LogP contribution in [0.1, 0.15) is 18.7 Å². The van der Waals surface area contributed by atoms with E-state index in [4.69, 9.17) is 0 Å². The molecule has 0 aliphatic heterocycles. The SMILES string of the molecule is c1ccc(-c2cnc(CNCC3CC3)[nH]2)nc1. The summed E-state index contributed by atoms with van der Waals surface area (Å²) in [7, 11) is 0. The first-order valence-electron chi connectivity index (χ1n) is 6.08. The average Bonchev–Trinajstić information content (AvgIpc) is 3.07. The lowest BCUT2D eigenvalue weighted by molar-refractivity contribution is 0.623. The zero-order chi connectivity index (χ0) is 11.5. The van der Waals surface area contributed by atoms with Crippen molar-refractivity contribution >= 4 is 0 Å². The van der Waals surface area contributed by atoms with Crippen LogP contribution in [0.3, 0.4) is 0 Å². The Morgan fingerprint density at radius 1 is 1.29 bits per heavy atom. The first-order chi connectivity index (χ1) is 8.42. The number of aromatic nitrogens is 3. The van der Waals surface area contributed by atoms with Gasteiger partial charge in [0.2, 0.25) is 0 Å². The van der Waals surface area contributed by atoms with Crippen molar-refractivity contribution in [2.45, 2.75) is 19.4 Å². The lowest BCUT2D eigenvalue weighted by Gasteiger charge is -2.00. The van der Waals surface area contributed by atoms with Crippen LogP contribution in [0, 0.1) is 5.92 Å². The number of hydrogen-bond acceptors (Lipinski definition) is 3. The van der Waals surface area contributed by atoms with E-state index in [0.717, 1.165) is 36.2 Å². The number of rotatable bonds is 5. The van der Waals surface area contributed by atoms with Crippen LogP contribution in [-0.2, 0) is 6.54 Å². The number of hydrogen-bond donors (Lipinski definition) is 2. The predicted octanol–water partition coefficient (Wildman–Crippen LogP) is 1.97. The van der Waals surface area contributed by atoms with Crippen molar-refractivity contribution in [2.24, 2.45) is 5.92 Å². The Kier molecular flexibility index (Phi) is 2.88. The van der Waals surface area contributed by atoms with E-state index in [2.05, 4.69) is 20.3 Å².